The molecule has 1 saturated heterocycles. The van der Waals surface area contributed by atoms with Crippen LogP contribution < -0.4 is 9.47 Å². The van der Waals surface area contributed by atoms with Crippen molar-refractivity contribution >= 4 is 85.9 Å². The minimum absolute atomic E-state index is 0.101. The molecule has 0 unspecified atom stereocenters. The normalized spacial score (nSPS) is 21.0. The van der Waals surface area contributed by atoms with Crippen molar-refractivity contribution in [3.05, 3.63) is 55.3 Å². The van der Waals surface area contributed by atoms with Crippen LogP contribution in [0.2, 0.25) is 0 Å². The van der Waals surface area contributed by atoms with Gasteiger partial charge in [-0.25, -0.2) is 4.79 Å². The summed E-state index contributed by atoms with van der Waals surface area (Å²) < 4.78 is 42.2. The van der Waals surface area contributed by atoms with E-state index in [2.05, 4.69) is 45.2 Å². The van der Waals surface area contributed by atoms with E-state index in [9.17, 15) is 24.0 Å². The minimum Gasteiger partial charge on any atom is -0.487 e. The van der Waals surface area contributed by atoms with E-state index in [1.807, 2.05) is 30.3 Å². The molecule has 0 spiro atoms. The molecule has 3 aromatic rings. The molecule has 1 aliphatic heterocycles. The maximum atomic E-state index is 12.8. The zero-order valence-electron chi connectivity index (χ0n) is 24.7. The lowest BCUT2D eigenvalue weighted by atomic mass is 9.97. The quantitative estimate of drug-likeness (QED) is 0.173. The van der Waals surface area contributed by atoms with E-state index in [4.69, 9.17) is 33.2 Å². The molecular weight excluding hydrogens is 820 g/mol. The highest BCUT2D eigenvalue weighted by atomic mass is 127. The fourth-order valence-corrected chi connectivity index (χ4v) is 7.00. The fraction of sp³-hybridized carbons (Fsp3) is 0.367. The number of hydrogen-bond acceptors (Lipinski definition) is 12. The Hall–Kier alpha value is -3.45. The number of methoxy groups -OCH3 is 1. The third-order valence-electron chi connectivity index (χ3n) is 6.55. The van der Waals surface area contributed by atoms with Crippen molar-refractivity contribution in [2.75, 3.05) is 7.11 Å². The summed E-state index contributed by atoms with van der Waals surface area (Å²) in [5, 5.41) is 0.459. The molecule has 240 valence electrons. The summed E-state index contributed by atoms with van der Waals surface area (Å²) >= 11 is 4.20. The fourth-order valence-electron chi connectivity index (χ4n) is 4.78. The summed E-state index contributed by atoms with van der Waals surface area (Å²) in [6.45, 7) is 4.92. The van der Waals surface area contributed by atoms with Crippen molar-refractivity contribution in [2.45, 2.75) is 65.0 Å². The Morgan fingerprint density at radius 2 is 1.47 bits per heavy atom. The van der Waals surface area contributed by atoms with Crippen LogP contribution in [0.5, 0.6) is 11.5 Å². The van der Waals surface area contributed by atoms with Gasteiger partial charge < -0.3 is 33.2 Å². The van der Waals surface area contributed by atoms with Crippen molar-refractivity contribution in [3.8, 4) is 11.5 Å². The van der Waals surface area contributed by atoms with Gasteiger partial charge in [-0.1, -0.05) is 30.3 Å². The molecule has 15 heteroatoms. The number of ether oxygens (including phenoxy) is 7. The number of nitrogens with zero attached hydrogens (tertiary/aromatic N) is 1. The summed E-state index contributed by atoms with van der Waals surface area (Å²) in [6, 6.07) is 11.3. The summed E-state index contributed by atoms with van der Waals surface area (Å²) in [5.41, 5.74) is 1.42. The summed E-state index contributed by atoms with van der Waals surface area (Å²) in [6.07, 6.45) is -6.45. The molecule has 0 amide bonds. The number of carbonyl (C=O) groups is 5. The lowest BCUT2D eigenvalue weighted by molar-refractivity contribution is -0.282. The number of benzene rings is 2. The minimum atomic E-state index is -1.65. The first-order valence-electron chi connectivity index (χ1n) is 13.4. The predicted octanol–water partition coefficient (Wildman–Crippen LogP) is 4.16. The van der Waals surface area contributed by atoms with E-state index in [0.717, 1.165) is 37.0 Å². The molecule has 4 rings (SSSR count). The van der Waals surface area contributed by atoms with Gasteiger partial charge in [0, 0.05) is 27.7 Å². The number of rotatable bonds is 9. The van der Waals surface area contributed by atoms with Gasteiger partial charge in [-0.3, -0.25) is 23.7 Å². The smallest absolute Gasteiger partial charge is 0.339 e. The van der Waals surface area contributed by atoms with Crippen molar-refractivity contribution in [3.63, 3.8) is 0 Å². The average molecular weight is 849 g/mol. The van der Waals surface area contributed by atoms with E-state index in [1.54, 1.807) is 6.07 Å². The molecule has 0 aliphatic carbocycles. The summed E-state index contributed by atoms with van der Waals surface area (Å²) in [5.74, 6) is -3.13. The first kappa shape index (κ1) is 34.4. The lowest BCUT2D eigenvalue weighted by Gasteiger charge is -2.43. The molecule has 1 aromatic heterocycles. The second kappa shape index (κ2) is 14.8. The van der Waals surface area contributed by atoms with Gasteiger partial charge in [-0.2, -0.15) is 0 Å². The molecule has 0 radical (unpaired) electrons. The Balaban J connectivity index is 1.83. The Morgan fingerprint density at radius 1 is 0.867 bits per heavy atom. The predicted molar refractivity (Wildman–Crippen MR) is 172 cm³/mol. The molecule has 0 saturated carbocycles. The van der Waals surface area contributed by atoms with E-state index in [0.29, 0.717) is 20.2 Å². The molecule has 0 N–H and O–H groups in total. The van der Waals surface area contributed by atoms with Crippen LogP contribution in [-0.4, -0.2) is 72.2 Å². The van der Waals surface area contributed by atoms with Crippen LogP contribution in [0.1, 0.15) is 38.1 Å². The first-order valence-corrected chi connectivity index (χ1v) is 15.6. The second-order valence-corrected chi connectivity index (χ2v) is 12.1. The van der Waals surface area contributed by atoms with Crippen molar-refractivity contribution in [1.82, 2.24) is 4.57 Å². The SMILES string of the molecule is COC(=O)[C@H]1O[C@@H](Oc2cn(C(C)=O)c3cc(I)c(OCc4ccccc4)c(I)c23)[C@H](OC(C)=O)[C@@H](OC(C)=O)[C@@H]1OC(C)=O. The monoisotopic (exact) mass is 849 g/mol. The number of aromatic nitrogens is 1. The Kier molecular flexibility index (Phi) is 11.3. The molecule has 2 aromatic carbocycles. The maximum Gasteiger partial charge on any atom is 0.339 e. The number of esters is 4. The third-order valence-corrected chi connectivity index (χ3v) is 8.38. The second-order valence-electron chi connectivity index (χ2n) is 9.84. The highest BCUT2D eigenvalue weighted by Gasteiger charge is 2.56. The molecule has 1 aliphatic rings. The van der Waals surface area contributed by atoms with Crippen LogP contribution >= 0.6 is 45.2 Å². The van der Waals surface area contributed by atoms with Gasteiger partial charge in [-0.05, 0) is 56.8 Å². The Morgan fingerprint density at radius 3 is 2.04 bits per heavy atom. The molecule has 2 heterocycles. The highest BCUT2D eigenvalue weighted by Crippen LogP contribution is 2.42. The van der Waals surface area contributed by atoms with Crippen molar-refractivity contribution in [2.24, 2.45) is 0 Å². The highest BCUT2D eigenvalue weighted by molar-refractivity contribution is 14.1. The number of halogens is 2. The summed E-state index contributed by atoms with van der Waals surface area (Å²) in [4.78, 5) is 61.9. The van der Waals surface area contributed by atoms with E-state index < -0.39 is 54.6 Å². The van der Waals surface area contributed by atoms with Crippen LogP contribution in [0.4, 0.5) is 0 Å². The van der Waals surface area contributed by atoms with E-state index in [-0.39, 0.29) is 18.3 Å². The van der Waals surface area contributed by atoms with Gasteiger partial charge in [-0.15, -0.1) is 0 Å². The van der Waals surface area contributed by atoms with Gasteiger partial charge in [0.25, 0.3) is 0 Å². The summed E-state index contributed by atoms with van der Waals surface area (Å²) in [7, 11) is 1.09. The van der Waals surface area contributed by atoms with Crippen LogP contribution in [0.3, 0.4) is 0 Å². The third kappa shape index (κ3) is 7.86. The van der Waals surface area contributed by atoms with Gasteiger partial charge >= 0.3 is 23.9 Å². The zero-order chi connectivity index (χ0) is 33.0. The van der Waals surface area contributed by atoms with Crippen molar-refractivity contribution < 1.29 is 57.1 Å². The average Bonchev–Trinajstić information content (AvgIpc) is 3.33. The topological polar surface area (TPSA) is 155 Å². The first-order chi connectivity index (χ1) is 21.3. The largest absolute Gasteiger partial charge is 0.487 e. The van der Waals surface area contributed by atoms with Crippen LogP contribution in [-0.2, 0) is 49.5 Å². The molecule has 5 atom stereocenters. The number of fused-ring (bicyclic) bond motifs is 1. The standard InChI is InChI=1S/C30H29I2NO12/c1-14(34)33-12-21(22-20(33)11-19(31)24(23(22)32)40-13-18-9-7-6-8-10-18)44-30-28(43-17(4)37)26(42-16(3)36)25(41-15(2)35)27(45-30)29(38)39-5/h6-12,25-28,30H,13H2,1-5H3/t25-,26-,27-,28+,30+/m0/s1. The van der Waals surface area contributed by atoms with Crippen LogP contribution in [0.25, 0.3) is 10.9 Å². The number of carbonyl (C=O) groups excluding carboxylic acids is 5. The van der Waals surface area contributed by atoms with Gasteiger partial charge in [0.05, 0.1) is 31.3 Å². The van der Waals surface area contributed by atoms with Gasteiger partial charge in [0.1, 0.15) is 18.1 Å². The van der Waals surface area contributed by atoms with Crippen LogP contribution in [0.15, 0.2) is 42.6 Å². The maximum absolute atomic E-state index is 12.8. The Labute approximate surface area is 285 Å². The van der Waals surface area contributed by atoms with Gasteiger partial charge in [0.2, 0.25) is 18.3 Å². The zero-order valence-corrected chi connectivity index (χ0v) is 29.1. The molecule has 1 fully saturated rings. The van der Waals surface area contributed by atoms with E-state index in [1.165, 1.54) is 17.7 Å². The van der Waals surface area contributed by atoms with E-state index >= 15 is 0 Å². The molecule has 0 bridgehead atoms. The Bertz CT molecular complexity index is 1620. The molecule has 13 nitrogen and oxygen atoms in total. The van der Waals surface area contributed by atoms with Crippen LogP contribution in [0, 0.1) is 7.14 Å². The number of hydrogen-bond donors (Lipinski definition) is 0. The molecular formula is C30H29I2NO12. The van der Waals surface area contributed by atoms with Crippen molar-refractivity contribution in [1.29, 1.82) is 0 Å². The van der Waals surface area contributed by atoms with Gasteiger partial charge in [0.15, 0.2) is 18.3 Å². The lowest BCUT2D eigenvalue weighted by Crippen LogP contribution is -2.64. The molecule has 45 heavy (non-hydrogen) atoms.